The second-order valence-electron chi connectivity index (χ2n) is 13.4. The minimum absolute atomic E-state index is 0.0349. The van der Waals surface area contributed by atoms with Crippen LogP contribution in [0.2, 0.25) is 36.3 Å². The summed E-state index contributed by atoms with van der Waals surface area (Å²) < 4.78 is 14.4. The summed E-state index contributed by atoms with van der Waals surface area (Å²) in [5.74, 6) is 0.171. The summed E-state index contributed by atoms with van der Waals surface area (Å²) in [5, 5.41) is 10.5. The Morgan fingerprint density at radius 3 is 1.50 bits per heavy atom. The summed E-state index contributed by atoms with van der Waals surface area (Å²) in [4.78, 5) is 14.7. The molecule has 6 nitrogen and oxygen atoms in total. The van der Waals surface area contributed by atoms with Crippen LogP contribution in [0.25, 0.3) is 0 Å². The third-order valence-corrected chi connectivity index (χ3v) is 17.3. The van der Waals surface area contributed by atoms with Crippen molar-refractivity contribution in [1.29, 1.82) is 0 Å². The normalized spacial score (nSPS) is 15.0. The fourth-order valence-electron chi connectivity index (χ4n) is 3.77. The molecular weight excluding hydrogens is 531 g/mol. The highest BCUT2D eigenvalue weighted by Crippen LogP contribution is 2.46. The summed E-state index contributed by atoms with van der Waals surface area (Å²) in [5.41, 5.74) is 2.23. The quantitative estimate of drug-likeness (QED) is 0.193. The molecule has 3 rings (SSSR count). The molecule has 0 saturated carbocycles. The van der Waals surface area contributed by atoms with Gasteiger partial charge in [0, 0.05) is 24.2 Å². The average Bonchev–Trinajstić information content (AvgIpc) is 2.88. The Morgan fingerprint density at radius 1 is 0.700 bits per heavy atom. The fourth-order valence-corrected chi connectivity index (χ4v) is 6.26. The zero-order valence-corrected chi connectivity index (χ0v) is 27.8. The Bertz CT molecular complexity index is 1180. The molecule has 3 aromatic rings. The maximum absolute atomic E-state index is 10.6. The van der Waals surface area contributed by atoms with Crippen molar-refractivity contribution in [1.82, 2.24) is 9.97 Å². The predicted octanol–water partition coefficient (Wildman–Crippen LogP) is 8.50. The van der Waals surface area contributed by atoms with Crippen molar-refractivity contribution in [2.45, 2.75) is 96.1 Å². The fraction of sp³-hybridized carbons (Fsp3) is 0.469. The molecule has 216 valence electrons. The van der Waals surface area contributed by atoms with Gasteiger partial charge in [0.05, 0.1) is 11.4 Å². The molecule has 40 heavy (non-hydrogen) atoms. The van der Waals surface area contributed by atoms with Crippen molar-refractivity contribution in [2.75, 3.05) is 0 Å². The molecule has 0 bridgehead atoms. The van der Waals surface area contributed by atoms with E-state index in [2.05, 4.69) is 67.7 Å². The third-order valence-electron chi connectivity index (χ3n) is 8.36. The molecule has 1 N–H and O–H groups in total. The van der Waals surface area contributed by atoms with E-state index in [1.807, 2.05) is 48.5 Å². The number of nitrogens with zero attached hydrogens (tertiary/aromatic N) is 3. The largest absolute Gasteiger partial charge is 0.507 e. The molecule has 1 aromatic carbocycles. The Hall–Kier alpha value is -2.66. The maximum atomic E-state index is 10.6. The first-order valence-corrected chi connectivity index (χ1v) is 19.8. The van der Waals surface area contributed by atoms with Crippen LogP contribution in [-0.4, -0.2) is 44.0 Å². The molecule has 8 heteroatoms. The van der Waals surface area contributed by atoms with Crippen LogP contribution >= 0.6 is 0 Å². The van der Waals surface area contributed by atoms with Crippen molar-refractivity contribution in [3.05, 3.63) is 90.0 Å². The predicted molar refractivity (Wildman–Crippen MR) is 170 cm³/mol. The van der Waals surface area contributed by atoms with Gasteiger partial charge >= 0.3 is 0 Å². The van der Waals surface area contributed by atoms with Gasteiger partial charge in [-0.1, -0.05) is 65.8 Å². The van der Waals surface area contributed by atoms with E-state index >= 15 is 0 Å². The lowest BCUT2D eigenvalue weighted by Crippen LogP contribution is -2.48. The monoisotopic (exact) mass is 577 g/mol. The van der Waals surface area contributed by atoms with Crippen LogP contribution in [0.4, 0.5) is 0 Å². The molecule has 0 spiro atoms. The summed E-state index contributed by atoms with van der Waals surface area (Å²) >= 11 is 0. The topological polar surface area (TPSA) is 76.8 Å². The molecule has 0 saturated heterocycles. The van der Waals surface area contributed by atoms with Crippen molar-refractivity contribution in [2.24, 2.45) is 4.99 Å². The van der Waals surface area contributed by atoms with Crippen molar-refractivity contribution < 1.29 is 14.0 Å². The molecule has 2 aromatic heterocycles. The van der Waals surface area contributed by atoms with E-state index in [1.54, 1.807) is 30.7 Å². The van der Waals surface area contributed by atoms with Gasteiger partial charge in [-0.25, -0.2) is 0 Å². The zero-order valence-electron chi connectivity index (χ0n) is 25.8. The minimum Gasteiger partial charge on any atom is -0.507 e. The Morgan fingerprint density at radius 2 is 1.12 bits per heavy atom. The molecule has 0 aliphatic rings. The van der Waals surface area contributed by atoms with Gasteiger partial charge in [0.25, 0.3) is 0 Å². The highest BCUT2D eigenvalue weighted by atomic mass is 28.4. The number of benzene rings is 1. The lowest BCUT2D eigenvalue weighted by Gasteiger charge is -2.44. The van der Waals surface area contributed by atoms with Gasteiger partial charge in [-0.3, -0.25) is 15.0 Å². The molecule has 0 aliphatic heterocycles. The first kappa shape index (κ1) is 31.9. The average molecular weight is 578 g/mol. The van der Waals surface area contributed by atoms with Gasteiger partial charge in [-0.15, -0.1) is 0 Å². The van der Waals surface area contributed by atoms with Crippen LogP contribution in [0.1, 0.15) is 70.7 Å². The van der Waals surface area contributed by atoms with Gasteiger partial charge in [0.1, 0.15) is 24.0 Å². The number of aliphatic imine (C=N–C) groups is 1. The number of phenolic OH excluding ortho intramolecular Hbond substituents is 1. The number of hydrogen-bond acceptors (Lipinski definition) is 6. The van der Waals surface area contributed by atoms with Gasteiger partial charge in [-0.05, 0) is 72.7 Å². The van der Waals surface area contributed by atoms with E-state index < -0.39 is 34.9 Å². The van der Waals surface area contributed by atoms with E-state index in [-0.39, 0.29) is 15.8 Å². The number of aromatic nitrogens is 2. The number of hydrogen-bond donors (Lipinski definition) is 1. The minimum atomic E-state index is -2.30. The Labute approximate surface area is 243 Å². The van der Waals surface area contributed by atoms with E-state index in [1.165, 1.54) is 0 Å². The van der Waals surface area contributed by atoms with Crippen LogP contribution in [0.15, 0.2) is 78.0 Å². The molecule has 0 unspecified atom stereocenters. The Kier molecular flexibility index (Phi) is 9.93. The summed E-state index contributed by atoms with van der Waals surface area (Å²) in [6, 6.07) is 18.5. The highest BCUT2D eigenvalue weighted by molar-refractivity contribution is 6.74. The lowest BCUT2D eigenvalue weighted by atomic mass is 9.99. The molecular formula is C32H47N3O3Si2. The van der Waals surface area contributed by atoms with Gasteiger partial charge in [-0.2, -0.15) is 0 Å². The second kappa shape index (κ2) is 12.5. The van der Waals surface area contributed by atoms with Crippen LogP contribution in [-0.2, 0) is 8.85 Å². The van der Waals surface area contributed by atoms with Gasteiger partial charge < -0.3 is 14.0 Å². The number of para-hydroxylation sites is 1. The van der Waals surface area contributed by atoms with E-state index in [0.717, 1.165) is 11.4 Å². The SMILES string of the molecule is CC(C)(C)[Si](C)(C)O[C@H](c1ccccn1)C(N=Cc1ccccc1O)[C@H](O[Si](C)(C)C(C)(C)C)c1ccccn1. The number of aromatic hydroxyl groups is 1. The van der Waals surface area contributed by atoms with E-state index in [0.29, 0.717) is 5.56 Å². The molecule has 0 aliphatic carbocycles. The first-order chi connectivity index (χ1) is 18.5. The smallest absolute Gasteiger partial charge is 0.193 e. The second-order valence-corrected chi connectivity index (χ2v) is 22.9. The number of rotatable bonds is 10. The molecule has 2 atom stereocenters. The third kappa shape index (κ3) is 7.75. The Balaban J connectivity index is 2.28. The van der Waals surface area contributed by atoms with Crippen molar-refractivity contribution in [3.63, 3.8) is 0 Å². The van der Waals surface area contributed by atoms with Crippen molar-refractivity contribution >= 4 is 22.8 Å². The standard InChI is InChI=1S/C32H47N3O3Si2/c1-31(2,3)39(7,8)37-29(25-18-13-15-21-33-25)28(35-23-24-17-11-12-20-27(24)36)30(26-19-14-16-22-34-26)38-40(9,10)32(4,5)6/h11-23,28-30,36H,1-10H3/t29-,30-/m1/s1. The molecule has 0 amide bonds. The van der Waals surface area contributed by atoms with Crippen LogP contribution in [0.3, 0.4) is 0 Å². The van der Waals surface area contributed by atoms with Crippen LogP contribution in [0, 0.1) is 0 Å². The molecule has 0 fully saturated rings. The first-order valence-electron chi connectivity index (χ1n) is 14.0. The molecule has 0 radical (unpaired) electrons. The van der Waals surface area contributed by atoms with Gasteiger partial charge in [0.2, 0.25) is 0 Å². The summed E-state index contributed by atoms with van der Waals surface area (Å²) in [6.45, 7) is 22.4. The summed E-state index contributed by atoms with van der Waals surface area (Å²) in [6.07, 6.45) is 4.33. The van der Waals surface area contributed by atoms with Crippen molar-refractivity contribution in [3.8, 4) is 5.75 Å². The van der Waals surface area contributed by atoms with E-state index in [9.17, 15) is 5.11 Å². The van der Waals surface area contributed by atoms with Crippen LogP contribution < -0.4 is 0 Å². The highest BCUT2D eigenvalue weighted by Gasteiger charge is 2.47. The molecule has 2 heterocycles. The maximum Gasteiger partial charge on any atom is 0.193 e. The van der Waals surface area contributed by atoms with Crippen LogP contribution in [0.5, 0.6) is 5.75 Å². The number of pyridine rings is 2. The van der Waals surface area contributed by atoms with Gasteiger partial charge in [0.15, 0.2) is 16.6 Å². The zero-order chi connectivity index (χ0) is 29.8. The van der Waals surface area contributed by atoms with E-state index in [4.69, 9.17) is 23.8 Å². The lowest BCUT2D eigenvalue weighted by molar-refractivity contribution is 0.0637. The number of phenols is 1. The summed E-state index contributed by atoms with van der Waals surface area (Å²) in [7, 11) is -4.61.